The monoisotopic (exact) mass is 171 g/mol. The zero-order chi connectivity index (χ0) is 9.03. The van der Waals surface area contributed by atoms with E-state index in [0.717, 1.165) is 12.0 Å². The van der Waals surface area contributed by atoms with Crippen LogP contribution in [0.5, 0.6) is 0 Å². The van der Waals surface area contributed by atoms with Crippen molar-refractivity contribution in [3.63, 3.8) is 0 Å². The predicted molar refractivity (Wildman–Crippen MR) is 56.1 cm³/mol. The summed E-state index contributed by atoms with van der Waals surface area (Å²) in [6, 6.07) is 0. The lowest BCUT2D eigenvalue weighted by molar-refractivity contribution is 0.535. The minimum absolute atomic E-state index is 0. The molecule has 0 aromatic rings. The van der Waals surface area contributed by atoms with Gasteiger partial charge in [0.25, 0.3) is 0 Å². The molecule has 0 aromatic heterocycles. The van der Waals surface area contributed by atoms with E-state index in [1.807, 2.05) is 0 Å². The highest BCUT2D eigenvalue weighted by atomic mass is 14.5. The molecule has 0 bridgehead atoms. The normalized spacial score (nSPS) is 24.0. The molecule has 1 nitrogen and oxygen atoms in total. The maximum absolute atomic E-state index is 5.17. The highest BCUT2D eigenvalue weighted by Gasteiger charge is 2.43. The van der Waals surface area contributed by atoms with E-state index < -0.39 is 0 Å². The van der Waals surface area contributed by atoms with E-state index in [1.165, 1.54) is 12.8 Å². The van der Waals surface area contributed by atoms with Crippen molar-refractivity contribution in [1.82, 2.24) is 0 Å². The van der Waals surface area contributed by atoms with E-state index in [2.05, 4.69) is 13.8 Å². The molecule has 1 spiro atoms. The lowest BCUT2D eigenvalue weighted by Gasteiger charge is -1.97. The molecule has 74 valence electrons. The SMILES string of the molecule is C1CCC2(C1)CC2.CC(C)CN.[HH]. The van der Waals surface area contributed by atoms with Crippen LogP contribution in [-0.4, -0.2) is 6.54 Å². The Balaban J connectivity index is 0.000000220. The second-order valence-corrected chi connectivity index (χ2v) is 4.84. The number of rotatable bonds is 1. The summed E-state index contributed by atoms with van der Waals surface area (Å²) in [4.78, 5) is 0. The van der Waals surface area contributed by atoms with E-state index in [9.17, 15) is 0 Å². The van der Waals surface area contributed by atoms with E-state index in [-0.39, 0.29) is 1.43 Å². The average molecular weight is 171 g/mol. The Morgan fingerprint density at radius 2 is 1.58 bits per heavy atom. The maximum Gasteiger partial charge on any atom is 0 e. The van der Waals surface area contributed by atoms with Crippen LogP contribution in [0.1, 0.15) is 53.8 Å². The van der Waals surface area contributed by atoms with E-state index in [0.29, 0.717) is 5.92 Å². The van der Waals surface area contributed by atoms with Gasteiger partial charge in [0, 0.05) is 1.43 Å². The molecule has 2 aliphatic rings. The Labute approximate surface area is 78.2 Å². The Kier molecular flexibility index (Phi) is 3.57. The van der Waals surface area contributed by atoms with Crippen molar-refractivity contribution in [2.24, 2.45) is 17.1 Å². The minimum atomic E-state index is 0. The number of hydrogen-bond donors (Lipinski definition) is 1. The Morgan fingerprint density at radius 3 is 1.75 bits per heavy atom. The third kappa shape index (κ3) is 3.14. The maximum atomic E-state index is 5.17. The van der Waals surface area contributed by atoms with Gasteiger partial charge in [-0.2, -0.15) is 0 Å². The van der Waals surface area contributed by atoms with Crippen LogP contribution in [0.15, 0.2) is 0 Å². The first kappa shape index (κ1) is 10.0. The van der Waals surface area contributed by atoms with Gasteiger partial charge in [0.2, 0.25) is 0 Å². The molecule has 0 unspecified atom stereocenters. The van der Waals surface area contributed by atoms with Crippen molar-refractivity contribution in [1.29, 1.82) is 0 Å². The Morgan fingerprint density at radius 1 is 1.17 bits per heavy atom. The van der Waals surface area contributed by atoms with Gasteiger partial charge in [0.15, 0.2) is 0 Å². The van der Waals surface area contributed by atoms with Gasteiger partial charge >= 0.3 is 0 Å². The van der Waals surface area contributed by atoms with Crippen molar-refractivity contribution >= 4 is 0 Å². The van der Waals surface area contributed by atoms with Gasteiger partial charge in [-0.05, 0) is 43.6 Å². The predicted octanol–water partition coefficient (Wildman–Crippen LogP) is 3.19. The van der Waals surface area contributed by atoms with Gasteiger partial charge in [-0.15, -0.1) is 0 Å². The van der Waals surface area contributed by atoms with E-state index >= 15 is 0 Å². The van der Waals surface area contributed by atoms with Gasteiger partial charge in [-0.1, -0.05) is 26.7 Å². The van der Waals surface area contributed by atoms with Crippen LogP contribution in [0.3, 0.4) is 0 Å². The quantitative estimate of drug-likeness (QED) is 0.644. The molecular formula is C11H25N. The first-order valence-corrected chi connectivity index (χ1v) is 5.39. The Bertz CT molecular complexity index is 122. The molecule has 0 aromatic carbocycles. The summed E-state index contributed by atoms with van der Waals surface area (Å²) < 4.78 is 0. The van der Waals surface area contributed by atoms with Crippen LogP contribution in [0, 0.1) is 11.3 Å². The summed E-state index contributed by atoms with van der Waals surface area (Å²) >= 11 is 0. The third-order valence-electron chi connectivity index (χ3n) is 3.09. The van der Waals surface area contributed by atoms with Crippen LogP contribution >= 0.6 is 0 Å². The van der Waals surface area contributed by atoms with Crippen LogP contribution in [0.25, 0.3) is 0 Å². The molecule has 2 aliphatic carbocycles. The molecule has 2 fully saturated rings. The molecular weight excluding hydrogens is 146 g/mol. The topological polar surface area (TPSA) is 26.0 Å². The average Bonchev–Trinajstić information content (AvgIpc) is 2.61. The fourth-order valence-electron chi connectivity index (χ4n) is 1.80. The van der Waals surface area contributed by atoms with Gasteiger partial charge in [0.1, 0.15) is 0 Å². The molecule has 0 amide bonds. The summed E-state index contributed by atoms with van der Waals surface area (Å²) in [6.07, 6.45) is 9.31. The molecule has 0 radical (unpaired) electrons. The van der Waals surface area contributed by atoms with Crippen molar-refractivity contribution in [3.05, 3.63) is 0 Å². The summed E-state index contributed by atoms with van der Waals surface area (Å²) in [5, 5.41) is 0. The zero-order valence-electron chi connectivity index (χ0n) is 8.60. The third-order valence-corrected chi connectivity index (χ3v) is 3.09. The summed E-state index contributed by atoms with van der Waals surface area (Å²) in [5.74, 6) is 0.662. The van der Waals surface area contributed by atoms with Gasteiger partial charge in [-0.25, -0.2) is 0 Å². The zero-order valence-corrected chi connectivity index (χ0v) is 8.60. The standard InChI is InChI=1S/C7H12.C4H11N.H2/c1-2-4-7(3-1)5-6-7;1-4(2)3-5;/h1-6H2;4H,3,5H2,1-2H3;1H. The molecule has 0 heterocycles. The van der Waals surface area contributed by atoms with Gasteiger partial charge in [-0.3, -0.25) is 0 Å². The summed E-state index contributed by atoms with van der Waals surface area (Å²) in [6.45, 7) is 5.00. The lowest BCUT2D eigenvalue weighted by atomic mass is 10.1. The second-order valence-electron chi connectivity index (χ2n) is 4.84. The Hall–Kier alpha value is -0.0400. The van der Waals surface area contributed by atoms with Crippen LogP contribution in [-0.2, 0) is 0 Å². The van der Waals surface area contributed by atoms with Gasteiger partial charge < -0.3 is 5.73 Å². The highest BCUT2D eigenvalue weighted by Crippen LogP contribution is 2.57. The van der Waals surface area contributed by atoms with Crippen molar-refractivity contribution < 1.29 is 1.43 Å². The first-order chi connectivity index (χ1) is 5.68. The summed E-state index contributed by atoms with van der Waals surface area (Å²) in [5.41, 5.74) is 6.12. The summed E-state index contributed by atoms with van der Waals surface area (Å²) in [7, 11) is 0. The molecule has 2 rings (SSSR count). The second kappa shape index (κ2) is 4.27. The molecule has 2 saturated carbocycles. The van der Waals surface area contributed by atoms with E-state index in [1.54, 1.807) is 25.7 Å². The largest absolute Gasteiger partial charge is 0.330 e. The minimum Gasteiger partial charge on any atom is -0.330 e. The van der Waals surface area contributed by atoms with Crippen LogP contribution in [0.2, 0.25) is 0 Å². The lowest BCUT2D eigenvalue weighted by Crippen LogP contribution is -2.05. The molecule has 2 N–H and O–H groups in total. The smallest absolute Gasteiger partial charge is 0 e. The van der Waals surface area contributed by atoms with E-state index in [4.69, 9.17) is 5.73 Å². The number of hydrogen-bond acceptors (Lipinski definition) is 1. The first-order valence-electron chi connectivity index (χ1n) is 5.39. The van der Waals surface area contributed by atoms with Gasteiger partial charge in [0.05, 0.1) is 0 Å². The number of nitrogens with two attached hydrogens (primary N) is 1. The molecule has 0 atom stereocenters. The van der Waals surface area contributed by atoms with Crippen LogP contribution < -0.4 is 5.73 Å². The molecule has 0 aliphatic heterocycles. The fraction of sp³-hybridized carbons (Fsp3) is 1.00. The molecule has 0 saturated heterocycles. The molecule has 1 heteroatoms. The van der Waals surface area contributed by atoms with Crippen molar-refractivity contribution in [2.75, 3.05) is 6.54 Å². The van der Waals surface area contributed by atoms with Crippen molar-refractivity contribution in [2.45, 2.75) is 52.4 Å². The fourth-order valence-corrected chi connectivity index (χ4v) is 1.80. The van der Waals surface area contributed by atoms with Crippen LogP contribution in [0.4, 0.5) is 0 Å². The highest BCUT2D eigenvalue weighted by molar-refractivity contribution is 4.95. The van der Waals surface area contributed by atoms with Crippen molar-refractivity contribution in [3.8, 4) is 0 Å². The molecule has 12 heavy (non-hydrogen) atoms.